The summed E-state index contributed by atoms with van der Waals surface area (Å²) < 4.78 is 2.96. The number of nitrogens with zero attached hydrogens (tertiary/aromatic N) is 5. The Kier molecular flexibility index (Phi) is 3.82. The van der Waals surface area contributed by atoms with Crippen molar-refractivity contribution < 1.29 is 14.7 Å². The van der Waals surface area contributed by atoms with Crippen LogP contribution in [-0.4, -0.2) is 41.8 Å². The van der Waals surface area contributed by atoms with Gasteiger partial charge in [0, 0.05) is 12.4 Å². The zero-order valence-electron chi connectivity index (χ0n) is 12.5. The number of rotatable bonds is 5. The van der Waals surface area contributed by atoms with Crippen molar-refractivity contribution in [3.8, 4) is 0 Å². The molecular weight excluding hydrogens is 320 g/mol. The molecule has 10 heteroatoms. The van der Waals surface area contributed by atoms with Crippen molar-refractivity contribution in [2.75, 3.05) is 0 Å². The quantitative estimate of drug-likeness (QED) is 0.704. The predicted molar refractivity (Wildman–Crippen MR) is 82.2 cm³/mol. The number of aryl methyl sites for hydroxylation is 2. The SMILES string of the molecule is Cc1nn(C)c2sc(C(=O)NCc3cn(CC(=O)O)nn3)cc12. The molecular formula is C13H14N6O3S. The van der Waals surface area contributed by atoms with Crippen LogP contribution in [-0.2, 0) is 24.9 Å². The molecule has 3 rings (SSSR count). The summed E-state index contributed by atoms with van der Waals surface area (Å²) in [6.07, 6.45) is 1.49. The van der Waals surface area contributed by atoms with Gasteiger partial charge in [0.2, 0.25) is 0 Å². The molecule has 2 N–H and O–H groups in total. The van der Waals surface area contributed by atoms with Crippen LogP contribution < -0.4 is 5.32 Å². The maximum atomic E-state index is 12.2. The van der Waals surface area contributed by atoms with E-state index in [2.05, 4.69) is 20.7 Å². The molecule has 23 heavy (non-hydrogen) atoms. The van der Waals surface area contributed by atoms with E-state index in [9.17, 15) is 9.59 Å². The van der Waals surface area contributed by atoms with Crippen LogP contribution in [0.25, 0.3) is 10.2 Å². The van der Waals surface area contributed by atoms with Crippen molar-refractivity contribution in [2.24, 2.45) is 7.05 Å². The number of thiophene rings is 1. The minimum atomic E-state index is -1.00. The zero-order valence-corrected chi connectivity index (χ0v) is 13.3. The average Bonchev–Trinajstić information content (AvgIpc) is 3.15. The van der Waals surface area contributed by atoms with Crippen molar-refractivity contribution >= 4 is 33.4 Å². The highest BCUT2D eigenvalue weighted by atomic mass is 32.1. The molecule has 0 aliphatic carbocycles. The fourth-order valence-corrected chi connectivity index (χ4v) is 3.25. The van der Waals surface area contributed by atoms with Gasteiger partial charge in [0.25, 0.3) is 5.91 Å². The molecule has 0 spiro atoms. The molecule has 0 radical (unpaired) electrons. The minimum Gasteiger partial charge on any atom is -0.480 e. The topological polar surface area (TPSA) is 115 Å². The standard InChI is InChI=1S/C13H14N6O3S/c1-7-9-3-10(23-13(9)18(2)16-7)12(22)14-4-8-5-19(17-15-8)6-11(20)21/h3,5H,4,6H2,1-2H3,(H,14,22)(H,20,21). The Morgan fingerprint density at radius 3 is 2.91 bits per heavy atom. The van der Waals surface area contributed by atoms with Crippen molar-refractivity contribution in [1.82, 2.24) is 30.1 Å². The van der Waals surface area contributed by atoms with Gasteiger partial charge in [0.1, 0.15) is 17.1 Å². The highest BCUT2D eigenvalue weighted by molar-refractivity contribution is 7.20. The number of nitrogens with one attached hydrogen (secondary N) is 1. The number of aromatic nitrogens is 5. The minimum absolute atomic E-state index is 0.184. The number of hydrogen-bond acceptors (Lipinski definition) is 6. The van der Waals surface area contributed by atoms with E-state index in [1.807, 2.05) is 20.0 Å². The monoisotopic (exact) mass is 334 g/mol. The van der Waals surface area contributed by atoms with Gasteiger partial charge >= 0.3 is 5.97 Å². The Morgan fingerprint density at radius 1 is 1.43 bits per heavy atom. The summed E-state index contributed by atoms with van der Waals surface area (Å²) in [5.41, 5.74) is 1.38. The molecule has 3 aromatic heterocycles. The van der Waals surface area contributed by atoms with Gasteiger partial charge in [0.15, 0.2) is 0 Å². The Morgan fingerprint density at radius 2 is 2.22 bits per heavy atom. The first-order chi connectivity index (χ1) is 10.9. The number of carbonyl (C=O) groups excluding carboxylic acids is 1. The van der Waals surface area contributed by atoms with Gasteiger partial charge in [-0.15, -0.1) is 16.4 Å². The molecule has 0 aliphatic rings. The second-order valence-electron chi connectivity index (χ2n) is 5.02. The molecule has 120 valence electrons. The van der Waals surface area contributed by atoms with Gasteiger partial charge in [-0.2, -0.15) is 5.10 Å². The van der Waals surface area contributed by atoms with Crippen LogP contribution in [0.2, 0.25) is 0 Å². The first-order valence-corrected chi connectivity index (χ1v) is 7.58. The van der Waals surface area contributed by atoms with E-state index in [1.165, 1.54) is 22.2 Å². The normalized spacial score (nSPS) is 11.0. The zero-order chi connectivity index (χ0) is 16.6. The second kappa shape index (κ2) is 5.80. The van der Waals surface area contributed by atoms with Crippen LogP contribution in [0, 0.1) is 6.92 Å². The molecule has 0 bridgehead atoms. The second-order valence-corrected chi connectivity index (χ2v) is 6.05. The number of carbonyl (C=O) groups is 2. The Labute approximate surface area is 134 Å². The van der Waals surface area contributed by atoms with Crippen molar-refractivity contribution in [3.63, 3.8) is 0 Å². The van der Waals surface area contributed by atoms with E-state index in [1.54, 1.807) is 4.68 Å². The summed E-state index contributed by atoms with van der Waals surface area (Å²) in [5.74, 6) is -1.21. The van der Waals surface area contributed by atoms with E-state index < -0.39 is 5.97 Å². The van der Waals surface area contributed by atoms with Gasteiger partial charge in [-0.05, 0) is 13.0 Å². The Bertz CT molecular complexity index is 858. The van der Waals surface area contributed by atoms with Crippen LogP contribution in [0.5, 0.6) is 0 Å². The number of aliphatic carboxylic acids is 1. The summed E-state index contributed by atoms with van der Waals surface area (Å²) in [6.45, 7) is 1.82. The first-order valence-electron chi connectivity index (χ1n) is 6.76. The largest absolute Gasteiger partial charge is 0.480 e. The molecule has 0 unspecified atom stereocenters. The van der Waals surface area contributed by atoms with Crippen LogP contribution in [0.4, 0.5) is 0 Å². The summed E-state index contributed by atoms with van der Waals surface area (Å²) in [7, 11) is 1.84. The Balaban J connectivity index is 1.67. The van der Waals surface area contributed by atoms with Crippen LogP contribution in [0.15, 0.2) is 12.3 Å². The van der Waals surface area contributed by atoms with E-state index in [0.29, 0.717) is 10.6 Å². The predicted octanol–water partition coefficient (Wildman–Crippen LogP) is 0.549. The average molecular weight is 334 g/mol. The number of hydrogen-bond donors (Lipinski definition) is 2. The molecule has 0 aromatic carbocycles. The van der Waals surface area contributed by atoms with Crippen molar-refractivity contribution in [2.45, 2.75) is 20.0 Å². The lowest BCUT2D eigenvalue weighted by atomic mass is 10.3. The lowest BCUT2D eigenvalue weighted by molar-refractivity contribution is -0.137. The van der Waals surface area contributed by atoms with E-state index in [-0.39, 0.29) is 19.0 Å². The van der Waals surface area contributed by atoms with Gasteiger partial charge in [-0.3, -0.25) is 14.3 Å². The molecule has 0 saturated carbocycles. The number of amides is 1. The first kappa shape index (κ1) is 15.2. The Hall–Kier alpha value is -2.75. The van der Waals surface area contributed by atoms with E-state index in [0.717, 1.165) is 15.9 Å². The van der Waals surface area contributed by atoms with Crippen molar-refractivity contribution in [3.05, 3.63) is 28.5 Å². The molecule has 0 atom stereocenters. The highest BCUT2D eigenvalue weighted by Gasteiger charge is 2.15. The number of carboxylic acid groups (broad SMARTS) is 1. The van der Waals surface area contributed by atoms with Crippen molar-refractivity contribution in [1.29, 1.82) is 0 Å². The van der Waals surface area contributed by atoms with Crippen LogP contribution in [0.1, 0.15) is 21.1 Å². The maximum absolute atomic E-state index is 12.2. The fraction of sp³-hybridized carbons (Fsp3) is 0.308. The molecule has 9 nitrogen and oxygen atoms in total. The van der Waals surface area contributed by atoms with Gasteiger partial charge in [-0.1, -0.05) is 5.21 Å². The van der Waals surface area contributed by atoms with Gasteiger partial charge in [-0.25, -0.2) is 4.68 Å². The smallest absolute Gasteiger partial charge is 0.325 e. The summed E-state index contributed by atoms with van der Waals surface area (Å²) in [6, 6.07) is 1.82. The molecule has 1 amide bonds. The van der Waals surface area contributed by atoms with Gasteiger partial charge < -0.3 is 10.4 Å². The molecule has 0 fully saturated rings. The number of carboxylic acids is 1. The van der Waals surface area contributed by atoms with Crippen LogP contribution >= 0.6 is 11.3 Å². The molecule has 3 aromatic rings. The van der Waals surface area contributed by atoms with Gasteiger partial charge in [0.05, 0.1) is 23.3 Å². The molecule has 3 heterocycles. The third kappa shape index (κ3) is 3.06. The maximum Gasteiger partial charge on any atom is 0.325 e. The molecule has 0 saturated heterocycles. The summed E-state index contributed by atoms with van der Waals surface area (Å²) in [5, 5.41) is 24.2. The third-order valence-corrected chi connectivity index (χ3v) is 4.43. The van der Waals surface area contributed by atoms with E-state index in [4.69, 9.17) is 5.11 Å². The lowest BCUT2D eigenvalue weighted by Gasteiger charge is -1.99. The fourth-order valence-electron chi connectivity index (χ4n) is 2.21. The van der Waals surface area contributed by atoms with E-state index >= 15 is 0 Å². The third-order valence-electron chi connectivity index (χ3n) is 3.23. The number of fused-ring (bicyclic) bond motifs is 1. The molecule has 0 aliphatic heterocycles. The summed E-state index contributed by atoms with van der Waals surface area (Å²) >= 11 is 1.37. The van der Waals surface area contributed by atoms with Crippen LogP contribution in [0.3, 0.4) is 0 Å². The highest BCUT2D eigenvalue weighted by Crippen LogP contribution is 2.27. The summed E-state index contributed by atoms with van der Waals surface area (Å²) in [4.78, 5) is 24.3. The lowest BCUT2D eigenvalue weighted by Crippen LogP contribution is -2.22.